The number of carbonyl (C=O) groups excluding carboxylic acids is 1. The molecule has 1 amide bonds. The number of aromatic nitrogens is 1. The summed E-state index contributed by atoms with van der Waals surface area (Å²) in [7, 11) is 0. The zero-order valence-electron chi connectivity index (χ0n) is 14.3. The number of nitrogens with one attached hydrogen (secondary N) is 1. The molecule has 0 aliphatic carbocycles. The van der Waals surface area contributed by atoms with Gasteiger partial charge in [0.15, 0.2) is 0 Å². The van der Waals surface area contributed by atoms with Gasteiger partial charge in [0.1, 0.15) is 0 Å². The predicted molar refractivity (Wildman–Crippen MR) is 108 cm³/mol. The number of rotatable bonds is 4. The van der Waals surface area contributed by atoms with Crippen LogP contribution in [0.1, 0.15) is 18.4 Å². The Hall–Kier alpha value is -1.95. The van der Waals surface area contributed by atoms with Crippen molar-refractivity contribution in [2.24, 2.45) is 5.92 Å². The normalized spacial score (nSPS) is 18.1. The van der Waals surface area contributed by atoms with Crippen LogP contribution in [0.2, 0.25) is 5.02 Å². The third-order valence-corrected chi connectivity index (χ3v) is 5.85. The summed E-state index contributed by atoms with van der Waals surface area (Å²) in [6, 6.07) is 13.9. The van der Waals surface area contributed by atoms with Gasteiger partial charge in [0, 0.05) is 35.4 Å². The van der Waals surface area contributed by atoms with E-state index in [9.17, 15) is 4.79 Å². The van der Waals surface area contributed by atoms with E-state index in [0.717, 1.165) is 53.3 Å². The SMILES string of the molecule is O=C(Nc1ccc2sncc2c1)[C@@H]1CCCN(Cc2ccc(Cl)cc2)C1. The van der Waals surface area contributed by atoms with Crippen LogP contribution in [-0.2, 0) is 11.3 Å². The molecule has 0 spiro atoms. The highest BCUT2D eigenvalue weighted by Gasteiger charge is 2.26. The third kappa shape index (κ3) is 4.06. The average molecular weight is 386 g/mol. The molecule has 2 heterocycles. The molecule has 1 aromatic heterocycles. The minimum atomic E-state index is 0.0207. The molecule has 4 rings (SSSR count). The lowest BCUT2D eigenvalue weighted by Crippen LogP contribution is -2.40. The molecule has 2 aromatic carbocycles. The van der Waals surface area contributed by atoms with Gasteiger partial charge in [0.05, 0.1) is 10.6 Å². The van der Waals surface area contributed by atoms with Gasteiger partial charge in [-0.25, -0.2) is 0 Å². The van der Waals surface area contributed by atoms with E-state index in [-0.39, 0.29) is 11.8 Å². The van der Waals surface area contributed by atoms with Crippen LogP contribution in [0.5, 0.6) is 0 Å². The summed E-state index contributed by atoms with van der Waals surface area (Å²) < 4.78 is 5.31. The number of piperidine rings is 1. The summed E-state index contributed by atoms with van der Waals surface area (Å²) >= 11 is 7.42. The van der Waals surface area contributed by atoms with Crippen LogP contribution >= 0.6 is 23.1 Å². The second-order valence-electron chi connectivity index (χ2n) is 6.77. The number of anilines is 1. The number of halogens is 1. The summed E-state index contributed by atoms with van der Waals surface area (Å²) in [5.41, 5.74) is 2.07. The van der Waals surface area contributed by atoms with Crippen LogP contribution in [0, 0.1) is 5.92 Å². The molecule has 134 valence electrons. The Balaban J connectivity index is 1.38. The van der Waals surface area contributed by atoms with E-state index in [4.69, 9.17) is 11.6 Å². The Labute approximate surface area is 161 Å². The molecule has 6 heteroatoms. The van der Waals surface area contributed by atoms with Crippen molar-refractivity contribution >= 4 is 44.8 Å². The molecule has 1 aliphatic heterocycles. The highest BCUT2D eigenvalue weighted by Crippen LogP contribution is 2.24. The van der Waals surface area contributed by atoms with E-state index in [1.54, 1.807) is 0 Å². The van der Waals surface area contributed by atoms with Crippen molar-refractivity contribution in [3.63, 3.8) is 0 Å². The summed E-state index contributed by atoms with van der Waals surface area (Å²) in [5, 5.41) is 4.90. The highest BCUT2D eigenvalue weighted by molar-refractivity contribution is 7.13. The molecule has 26 heavy (non-hydrogen) atoms. The van der Waals surface area contributed by atoms with Gasteiger partial charge < -0.3 is 5.32 Å². The lowest BCUT2D eigenvalue weighted by atomic mass is 9.96. The molecule has 1 aliphatic rings. The monoisotopic (exact) mass is 385 g/mol. The van der Waals surface area contributed by atoms with Crippen molar-refractivity contribution in [2.45, 2.75) is 19.4 Å². The van der Waals surface area contributed by atoms with Crippen LogP contribution in [0.3, 0.4) is 0 Å². The van der Waals surface area contributed by atoms with E-state index in [1.165, 1.54) is 17.1 Å². The number of amides is 1. The lowest BCUT2D eigenvalue weighted by molar-refractivity contribution is -0.121. The maximum atomic E-state index is 12.7. The zero-order chi connectivity index (χ0) is 17.9. The van der Waals surface area contributed by atoms with E-state index >= 15 is 0 Å². The Morgan fingerprint density at radius 1 is 1.27 bits per heavy atom. The van der Waals surface area contributed by atoms with Gasteiger partial charge in [-0.1, -0.05) is 23.7 Å². The second kappa shape index (κ2) is 7.74. The first-order valence-electron chi connectivity index (χ1n) is 8.79. The van der Waals surface area contributed by atoms with Crippen molar-refractivity contribution in [2.75, 3.05) is 18.4 Å². The quantitative estimate of drug-likeness (QED) is 0.701. The summed E-state index contributed by atoms with van der Waals surface area (Å²) in [6.07, 6.45) is 3.81. The number of carbonyl (C=O) groups is 1. The van der Waals surface area contributed by atoms with Crippen molar-refractivity contribution < 1.29 is 4.79 Å². The van der Waals surface area contributed by atoms with Gasteiger partial charge >= 0.3 is 0 Å². The molecule has 0 bridgehead atoms. The molecule has 0 radical (unpaired) electrons. The van der Waals surface area contributed by atoms with Crippen LogP contribution in [0.15, 0.2) is 48.7 Å². The first-order chi connectivity index (χ1) is 12.7. The number of nitrogens with zero attached hydrogens (tertiary/aromatic N) is 2. The lowest BCUT2D eigenvalue weighted by Gasteiger charge is -2.32. The fraction of sp³-hybridized carbons (Fsp3) is 0.300. The number of fused-ring (bicyclic) bond motifs is 1. The molecule has 3 aromatic rings. The summed E-state index contributed by atoms with van der Waals surface area (Å²) in [5.74, 6) is 0.126. The smallest absolute Gasteiger partial charge is 0.228 e. The Morgan fingerprint density at radius 2 is 2.12 bits per heavy atom. The predicted octanol–water partition coefficient (Wildman–Crippen LogP) is 4.80. The first kappa shape index (κ1) is 17.5. The maximum absolute atomic E-state index is 12.7. The van der Waals surface area contributed by atoms with E-state index in [1.807, 2.05) is 36.5 Å². The third-order valence-electron chi connectivity index (χ3n) is 4.82. The Kier molecular flexibility index (Phi) is 5.20. The van der Waals surface area contributed by atoms with Gasteiger partial charge in [-0.15, -0.1) is 0 Å². The maximum Gasteiger partial charge on any atom is 0.228 e. The van der Waals surface area contributed by atoms with Crippen LogP contribution in [0.4, 0.5) is 5.69 Å². The van der Waals surface area contributed by atoms with Gasteiger partial charge in [-0.2, -0.15) is 4.37 Å². The van der Waals surface area contributed by atoms with Gasteiger partial charge in [0.25, 0.3) is 0 Å². The molecule has 0 saturated carbocycles. The molecule has 1 N–H and O–H groups in total. The van der Waals surface area contributed by atoms with Gasteiger partial charge in [-0.05, 0) is 66.8 Å². The Bertz CT molecular complexity index is 909. The summed E-state index contributed by atoms with van der Waals surface area (Å²) in [4.78, 5) is 15.1. The van der Waals surface area contributed by atoms with Crippen molar-refractivity contribution in [3.8, 4) is 0 Å². The summed E-state index contributed by atoms with van der Waals surface area (Å²) in [6.45, 7) is 2.67. The molecule has 1 atom stereocenters. The fourth-order valence-corrected chi connectivity index (χ4v) is 4.21. The highest BCUT2D eigenvalue weighted by atomic mass is 35.5. The molecular weight excluding hydrogens is 366 g/mol. The minimum Gasteiger partial charge on any atom is -0.326 e. The molecular formula is C20H20ClN3OS. The van der Waals surface area contributed by atoms with Crippen molar-refractivity contribution in [3.05, 3.63) is 59.2 Å². The van der Waals surface area contributed by atoms with E-state index in [0.29, 0.717) is 0 Å². The largest absolute Gasteiger partial charge is 0.326 e. The molecule has 4 nitrogen and oxygen atoms in total. The van der Waals surface area contributed by atoms with Gasteiger partial charge in [-0.3, -0.25) is 9.69 Å². The minimum absolute atomic E-state index is 0.0207. The molecule has 1 saturated heterocycles. The first-order valence-corrected chi connectivity index (χ1v) is 9.94. The number of likely N-dealkylation sites (tertiary alicyclic amines) is 1. The van der Waals surface area contributed by atoms with Crippen LogP contribution < -0.4 is 5.32 Å². The fourth-order valence-electron chi connectivity index (χ4n) is 3.46. The van der Waals surface area contributed by atoms with Crippen LogP contribution in [0.25, 0.3) is 10.1 Å². The number of hydrogen-bond donors (Lipinski definition) is 1. The molecule has 0 unspecified atom stereocenters. The standard InChI is InChI=1S/C20H20ClN3OS/c21-17-5-3-14(4-6-17)12-24-9-1-2-15(13-24)20(25)23-18-7-8-19-16(10-18)11-22-26-19/h3-8,10-11,15H,1-2,9,12-13H2,(H,23,25)/t15-/m1/s1. The van der Waals surface area contributed by atoms with Crippen molar-refractivity contribution in [1.29, 1.82) is 0 Å². The zero-order valence-corrected chi connectivity index (χ0v) is 15.9. The number of hydrogen-bond acceptors (Lipinski definition) is 4. The Morgan fingerprint density at radius 3 is 2.96 bits per heavy atom. The van der Waals surface area contributed by atoms with Crippen LogP contribution in [-0.4, -0.2) is 28.3 Å². The average Bonchev–Trinajstić information content (AvgIpc) is 3.12. The van der Waals surface area contributed by atoms with Crippen molar-refractivity contribution in [1.82, 2.24) is 9.27 Å². The second-order valence-corrected chi connectivity index (χ2v) is 8.04. The number of benzene rings is 2. The van der Waals surface area contributed by atoms with E-state index in [2.05, 4.69) is 26.7 Å². The topological polar surface area (TPSA) is 45.2 Å². The van der Waals surface area contributed by atoms with E-state index < -0.39 is 0 Å². The van der Waals surface area contributed by atoms with Gasteiger partial charge in [0.2, 0.25) is 5.91 Å². The molecule has 1 fully saturated rings.